The second-order valence-electron chi connectivity index (χ2n) is 3.86. The molecule has 98 valence electrons. The molecule has 2 aromatic rings. The zero-order valence-electron chi connectivity index (χ0n) is 10.7. The zero-order chi connectivity index (χ0) is 13.7. The number of thiazole rings is 1. The summed E-state index contributed by atoms with van der Waals surface area (Å²) >= 11 is 1.41. The minimum absolute atomic E-state index is 0.208. The first kappa shape index (κ1) is 13.3. The fourth-order valence-corrected chi connectivity index (χ4v) is 2.22. The minimum atomic E-state index is -0.208. The van der Waals surface area contributed by atoms with E-state index in [2.05, 4.69) is 10.3 Å². The lowest BCUT2D eigenvalue weighted by Crippen LogP contribution is -2.07. The Balaban J connectivity index is 2.04. The van der Waals surface area contributed by atoms with Crippen LogP contribution in [0.2, 0.25) is 0 Å². The number of aromatic nitrogens is 1. The van der Waals surface area contributed by atoms with Crippen LogP contribution in [-0.2, 0) is 4.79 Å². The monoisotopic (exact) mass is 274 g/mol. The van der Waals surface area contributed by atoms with Gasteiger partial charge in [0.15, 0.2) is 5.13 Å². The highest BCUT2D eigenvalue weighted by molar-refractivity contribution is 7.13. The van der Waals surface area contributed by atoms with Gasteiger partial charge in [0.1, 0.15) is 5.75 Å². The third-order valence-corrected chi connectivity index (χ3v) is 3.28. The summed E-state index contributed by atoms with van der Waals surface area (Å²) in [6.07, 6.45) is 3.18. The van der Waals surface area contributed by atoms with E-state index in [0.717, 1.165) is 17.0 Å². The van der Waals surface area contributed by atoms with Gasteiger partial charge in [0.2, 0.25) is 5.91 Å². The van der Waals surface area contributed by atoms with Gasteiger partial charge in [-0.3, -0.25) is 10.1 Å². The molecule has 1 aromatic heterocycles. The third-order valence-electron chi connectivity index (χ3n) is 2.40. The molecule has 0 aliphatic rings. The SMILES string of the molecule is COc1ccccc1/C=C/C(=O)Nc1nc(C)cs1. The van der Waals surface area contributed by atoms with E-state index in [-0.39, 0.29) is 5.91 Å². The number of para-hydroxylation sites is 1. The van der Waals surface area contributed by atoms with Gasteiger partial charge >= 0.3 is 0 Å². The lowest BCUT2D eigenvalue weighted by atomic mass is 10.2. The van der Waals surface area contributed by atoms with E-state index in [1.165, 1.54) is 17.4 Å². The number of hydrogen-bond acceptors (Lipinski definition) is 4. The van der Waals surface area contributed by atoms with Crippen molar-refractivity contribution in [1.82, 2.24) is 4.98 Å². The summed E-state index contributed by atoms with van der Waals surface area (Å²) in [7, 11) is 1.60. The number of carbonyl (C=O) groups excluding carboxylic acids is 1. The van der Waals surface area contributed by atoms with E-state index in [1.54, 1.807) is 13.2 Å². The van der Waals surface area contributed by atoms with E-state index in [1.807, 2.05) is 36.6 Å². The number of carbonyl (C=O) groups is 1. The van der Waals surface area contributed by atoms with Crippen LogP contribution in [0.1, 0.15) is 11.3 Å². The van der Waals surface area contributed by atoms with Gasteiger partial charge in [-0.2, -0.15) is 0 Å². The molecule has 0 atom stereocenters. The standard InChI is InChI=1S/C14H14N2O2S/c1-10-9-19-14(15-10)16-13(17)8-7-11-5-3-4-6-12(11)18-2/h3-9H,1-2H3,(H,15,16,17)/b8-7+. The highest BCUT2D eigenvalue weighted by Crippen LogP contribution is 2.19. The van der Waals surface area contributed by atoms with Gasteiger partial charge in [-0.05, 0) is 19.1 Å². The topological polar surface area (TPSA) is 51.2 Å². The summed E-state index contributed by atoms with van der Waals surface area (Å²) in [5, 5.41) is 5.20. The van der Waals surface area contributed by atoms with Gasteiger partial charge < -0.3 is 4.74 Å². The summed E-state index contributed by atoms with van der Waals surface area (Å²) in [5.41, 5.74) is 1.75. The molecule has 0 bridgehead atoms. The summed E-state index contributed by atoms with van der Waals surface area (Å²) in [6.45, 7) is 1.89. The minimum Gasteiger partial charge on any atom is -0.496 e. The predicted octanol–water partition coefficient (Wildman–Crippen LogP) is 3.11. The van der Waals surface area contributed by atoms with E-state index in [9.17, 15) is 4.79 Å². The van der Waals surface area contributed by atoms with E-state index in [4.69, 9.17) is 4.74 Å². The van der Waals surface area contributed by atoms with Gasteiger partial charge in [-0.15, -0.1) is 11.3 Å². The van der Waals surface area contributed by atoms with Crippen LogP contribution in [-0.4, -0.2) is 18.0 Å². The molecule has 5 heteroatoms. The number of benzene rings is 1. The van der Waals surface area contributed by atoms with Crippen molar-refractivity contribution in [3.05, 3.63) is 47.0 Å². The molecule has 1 amide bonds. The summed E-state index contributed by atoms with van der Waals surface area (Å²) < 4.78 is 5.21. The fraction of sp³-hybridized carbons (Fsp3) is 0.143. The lowest BCUT2D eigenvalue weighted by Gasteiger charge is -2.03. The van der Waals surface area contributed by atoms with Crippen LogP contribution < -0.4 is 10.1 Å². The Morgan fingerprint density at radius 3 is 2.89 bits per heavy atom. The molecular weight excluding hydrogens is 260 g/mol. The molecule has 19 heavy (non-hydrogen) atoms. The van der Waals surface area contributed by atoms with Crippen molar-refractivity contribution in [2.24, 2.45) is 0 Å². The molecule has 0 unspecified atom stereocenters. The van der Waals surface area contributed by atoms with Gasteiger partial charge in [-0.1, -0.05) is 18.2 Å². The number of aryl methyl sites for hydroxylation is 1. The van der Waals surface area contributed by atoms with Crippen LogP contribution in [0.25, 0.3) is 6.08 Å². The highest BCUT2D eigenvalue weighted by Gasteiger charge is 2.02. The molecule has 2 rings (SSSR count). The number of anilines is 1. The fourth-order valence-electron chi connectivity index (χ4n) is 1.53. The van der Waals surface area contributed by atoms with Crippen LogP contribution in [0.5, 0.6) is 5.75 Å². The lowest BCUT2D eigenvalue weighted by molar-refractivity contribution is -0.111. The number of ether oxygens (including phenoxy) is 1. The second kappa shape index (κ2) is 6.15. The smallest absolute Gasteiger partial charge is 0.250 e. The zero-order valence-corrected chi connectivity index (χ0v) is 11.5. The third kappa shape index (κ3) is 3.66. The number of nitrogens with zero attached hydrogens (tertiary/aromatic N) is 1. The molecule has 0 saturated carbocycles. The molecular formula is C14H14N2O2S. The van der Waals surface area contributed by atoms with Crippen LogP contribution in [0.15, 0.2) is 35.7 Å². The molecule has 0 fully saturated rings. The largest absolute Gasteiger partial charge is 0.496 e. The quantitative estimate of drug-likeness (QED) is 0.871. The summed E-state index contributed by atoms with van der Waals surface area (Å²) in [4.78, 5) is 15.9. The maximum absolute atomic E-state index is 11.7. The van der Waals surface area contributed by atoms with E-state index < -0.39 is 0 Å². The molecule has 4 nitrogen and oxygen atoms in total. The molecule has 1 N–H and O–H groups in total. The maximum atomic E-state index is 11.7. The first-order valence-corrected chi connectivity index (χ1v) is 6.61. The first-order valence-electron chi connectivity index (χ1n) is 5.73. The van der Waals surface area contributed by atoms with Gasteiger partial charge in [0.05, 0.1) is 12.8 Å². The number of hydrogen-bond donors (Lipinski definition) is 1. The normalized spacial score (nSPS) is 10.6. The molecule has 0 aliphatic heterocycles. The number of amides is 1. The predicted molar refractivity (Wildman–Crippen MR) is 77.5 cm³/mol. The molecule has 1 aromatic carbocycles. The van der Waals surface area contributed by atoms with Crippen molar-refractivity contribution in [1.29, 1.82) is 0 Å². The summed E-state index contributed by atoms with van der Waals surface area (Å²) in [6, 6.07) is 7.51. The average molecular weight is 274 g/mol. The maximum Gasteiger partial charge on any atom is 0.250 e. The first-order chi connectivity index (χ1) is 9.19. The van der Waals surface area contributed by atoms with Crippen molar-refractivity contribution in [3.63, 3.8) is 0 Å². The Morgan fingerprint density at radius 1 is 1.42 bits per heavy atom. The Morgan fingerprint density at radius 2 is 2.21 bits per heavy atom. The van der Waals surface area contributed by atoms with Gasteiger partial charge in [-0.25, -0.2) is 4.98 Å². The number of rotatable bonds is 4. The molecule has 1 heterocycles. The van der Waals surface area contributed by atoms with E-state index in [0.29, 0.717) is 5.13 Å². The van der Waals surface area contributed by atoms with Crippen molar-refractivity contribution in [3.8, 4) is 5.75 Å². The van der Waals surface area contributed by atoms with Crippen LogP contribution in [0.3, 0.4) is 0 Å². The van der Waals surface area contributed by atoms with Gasteiger partial charge in [0, 0.05) is 17.0 Å². The second-order valence-corrected chi connectivity index (χ2v) is 4.72. The van der Waals surface area contributed by atoms with Crippen LogP contribution in [0, 0.1) is 6.92 Å². The molecule has 0 saturated heterocycles. The number of methoxy groups -OCH3 is 1. The highest BCUT2D eigenvalue weighted by atomic mass is 32.1. The molecule has 0 aliphatic carbocycles. The summed E-state index contributed by atoms with van der Waals surface area (Å²) in [5.74, 6) is 0.525. The molecule has 0 spiro atoms. The van der Waals surface area contributed by atoms with Crippen molar-refractivity contribution >= 4 is 28.5 Å². The van der Waals surface area contributed by atoms with E-state index >= 15 is 0 Å². The van der Waals surface area contributed by atoms with Crippen molar-refractivity contribution < 1.29 is 9.53 Å². The Bertz CT molecular complexity index is 605. The Kier molecular flexibility index (Phi) is 4.30. The average Bonchev–Trinajstić information content (AvgIpc) is 2.82. The Hall–Kier alpha value is -2.14. The van der Waals surface area contributed by atoms with Crippen LogP contribution in [0.4, 0.5) is 5.13 Å². The van der Waals surface area contributed by atoms with Gasteiger partial charge in [0.25, 0.3) is 0 Å². The molecule has 0 radical (unpaired) electrons. The number of nitrogens with one attached hydrogen (secondary N) is 1. The van der Waals surface area contributed by atoms with Crippen molar-refractivity contribution in [2.45, 2.75) is 6.92 Å². The van der Waals surface area contributed by atoms with Crippen LogP contribution >= 0.6 is 11.3 Å². The van der Waals surface area contributed by atoms with Crippen molar-refractivity contribution in [2.75, 3.05) is 12.4 Å². The Labute approximate surface area is 115 Å².